The van der Waals surface area contributed by atoms with Gasteiger partial charge in [0, 0.05) is 5.92 Å². The molecular weight excluding hydrogens is 376 g/mol. The van der Waals surface area contributed by atoms with Crippen molar-refractivity contribution in [2.75, 3.05) is 0 Å². The number of rotatable bonds is 10. The highest BCUT2D eigenvalue weighted by Gasteiger charge is 2.43. The Labute approximate surface area is 180 Å². The van der Waals surface area contributed by atoms with Crippen LogP contribution in [0.5, 0.6) is 0 Å². The molecule has 1 aromatic carbocycles. The van der Waals surface area contributed by atoms with Crippen molar-refractivity contribution >= 4 is 5.97 Å². The van der Waals surface area contributed by atoms with E-state index in [9.17, 15) is 20.1 Å². The minimum Gasteiger partial charge on any atom is -0.478 e. The molecule has 1 unspecified atom stereocenters. The number of carboxylic acids is 1. The van der Waals surface area contributed by atoms with Gasteiger partial charge in [-0.15, -0.1) is 0 Å². The topological polar surface area (TPSA) is 77.8 Å². The van der Waals surface area contributed by atoms with E-state index >= 15 is 0 Å². The zero-order valence-corrected chi connectivity index (χ0v) is 18.2. The minimum absolute atomic E-state index is 0.0891. The highest BCUT2D eigenvalue weighted by Crippen LogP contribution is 2.48. The Morgan fingerprint density at radius 3 is 2.77 bits per heavy atom. The van der Waals surface area contributed by atoms with Gasteiger partial charge in [0.15, 0.2) is 0 Å². The molecule has 0 radical (unpaired) electrons. The number of hydrogen-bond donors (Lipinski definition) is 3. The number of benzene rings is 1. The van der Waals surface area contributed by atoms with Crippen LogP contribution < -0.4 is 0 Å². The van der Waals surface area contributed by atoms with Gasteiger partial charge in [0.05, 0.1) is 17.8 Å². The Balaban J connectivity index is 1.56. The van der Waals surface area contributed by atoms with E-state index in [1.807, 2.05) is 18.2 Å². The third-order valence-corrected chi connectivity index (χ3v) is 6.89. The summed E-state index contributed by atoms with van der Waals surface area (Å²) < 4.78 is 0. The van der Waals surface area contributed by atoms with Crippen molar-refractivity contribution in [3.05, 3.63) is 59.2 Å². The van der Waals surface area contributed by atoms with Crippen LogP contribution in [0.25, 0.3) is 0 Å². The number of aryl methyl sites for hydroxylation is 1. The summed E-state index contributed by atoms with van der Waals surface area (Å²) in [6.07, 6.45) is 11.8. The Kier molecular flexibility index (Phi) is 7.90. The van der Waals surface area contributed by atoms with Crippen molar-refractivity contribution in [3.8, 4) is 0 Å². The molecule has 164 valence electrons. The first kappa shape index (κ1) is 22.8. The average molecular weight is 413 g/mol. The maximum absolute atomic E-state index is 11.4. The summed E-state index contributed by atoms with van der Waals surface area (Å²) in [5, 5.41) is 30.2. The van der Waals surface area contributed by atoms with Crippen molar-refractivity contribution in [1.82, 2.24) is 0 Å². The van der Waals surface area contributed by atoms with Crippen LogP contribution in [0.4, 0.5) is 0 Å². The van der Waals surface area contributed by atoms with Crippen molar-refractivity contribution in [3.63, 3.8) is 0 Å². The predicted molar refractivity (Wildman–Crippen MR) is 119 cm³/mol. The van der Waals surface area contributed by atoms with Crippen molar-refractivity contribution in [1.29, 1.82) is 0 Å². The van der Waals surface area contributed by atoms with Gasteiger partial charge in [-0.05, 0) is 61.5 Å². The molecule has 4 nitrogen and oxygen atoms in total. The molecule has 30 heavy (non-hydrogen) atoms. The normalized spacial score (nSPS) is 27.8. The van der Waals surface area contributed by atoms with E-state index in [1.165, 1.54) is 5.57 Å². The summed E-state index contributed by atoms with van der Waals surface area (Å²) in [5.41, 5.74) is 2.63. The van der Waals surface area contributed by atoms with Crippen LogP contribution in [-0.2, 0) is 6.42 Å². The molecule has 1 saturated carbocycles. The van der Waals surface area contributed by atoms with E-state index in [2.05, 4.69) is 26.0 Å². The molecule has 0 heterocycles. The fourth-order valence-corrected chi connectivity index (χ4v) is 5.39. The van der Waals surface area contributed by atoms with Crippen LogP contribution in [-0.4, -0.2) is 33.5 Å². The first-order valence-corrected chi connectivity index (χ1v) is 11.4. The van der Waals surface area contributed by atoms with Gasteiger partial charge in [0.2, 0.25) is 0 Å². The fraction of sp³-hybridized carbons (Fsp3) is 0.577. The van der Waals surface area contributed by atoms with Crippen molar-refractivity contribution < 1.29 is 20.1 Å². The van der Waals surface area contributed by atoms with Crippen LogP contribution in [0.1, 0.15) is 68.3 Å². The second kappa shape index (κ2) is 10.4. The summed E-state index contributed by atoms with van der Waals surface area (Å²) >= 11 is 0. The fourth-order valence-electron chi connectivity index (χ4n) is 5.39. The maximum Gasteiger partial charge on any atom is 0.335 e. The molecule has 2 aliphatic carbocycles. The number of fused-ring (bicyclic) bond motifs is 1. The molecule has 3 rings (SSSR count). The maximum atomic E-state index is 11.4. The zero-order valence-electron chi connectivity index (χ0n) is 18.2. The molecule has 1 aromatic rings. The number of aliphatic hydroxyl groups excluding tert-OH is 2. The summed E-state index contributed by atoms with van der Waals surface area (Å²) in [4.78, 5) is 11.4. The number of aromatic carboxylic acids is 1. The lowest BCUT2D eigenvalue weighted by molar-refractivity contribution is 0.0695. The second-order valence-corrected chi connectivity index (χ2v) is 9.28. The largest absolute Gasteiger partial charge is 0.478 e. The standard InChI is InChI=1S/C26H36O4/c1-3-6-17(2)13-21(27)11-12-23-24-15-18(14-20(24)16-25(23)28)9-10-19-7-4-5-8-22(19)26(29)30/h4-5,7-8,11-12,14,17,20-21,23-25,27-28H,3,6,9-10,13,15-16H2,1-2H3,(H,29,30)/b12-11+/t17?,20-,21+,23-,24-,25+/m0/s1. The second-order valence-electron chi connectivity index (χ2n) is 9.28. The quantitative estimate of drug-likeness (QED) is 0.472. The first-order chi connectivity index (χ1) is 14.4. The number of carbonyl (C=O) groups is 1. The van der Waals surface area contributed by atoms with Gasteiger partial charge in [-0.1, -0.05) is 68.7 Å². The van der Waals surface area contributed by atoms with Crippen molar-refractivity contribution in [2.45, 2.75) is 71.0 Å². The molecule has 0 aliphatic heterocycles. The van der Waals surface area contributed by atoms with E-state index in [-0.39, 0.29) is 12.0 Å². The summed E-state index contributed by atoms with van der Waals surface area (Å²) in [6.45, 7) is 4.34. The molecule has 0 bridgehead atoms. The number of hydrogen-bond acceptors (Lipinski definition) is 3. The Bertz CT molecular complexity index is 781. The molecule has 6 atom stereocenters. The Hall–Kier alpha value is -1.91. The third kappa shape index (κ3) is 5.61. The highest BCUT2D eigenvalue weighted by molar-refractivity contribution is 5.89. The van der Waals surface area contributed by atoms with Crippen LogP contribution in [0, 0.1) is 23.7 Å². The molecule has 0 saturated heterocycles. The van der Waals surface area contributed by atoms with E-state index in [0.29, 0.717) is 23.3 Å². The van der Waals surface area contributed by atoms with Gasteiger partial charge in [0.25, 0.3) is 0 Å². The van der Waals surface area contributed by atoms with E-state index in [1.54, 1.807) is 12.1 Å². The molecule has 0 amide bonds. The zero-order chi connectivity index (χ0) is 21.7. The lowest BCUT2D eigenvalue weighted by Gasteiger charge is -2.19. The molecule has 1 fully saturated rings. The van der Waals surface area contributed by atoms with Gasteiger partial charge in [-0.2, -0.15) is 0 Å². The van der Waals surface area contributed by atoms with Gasteiger partial charge in [0.1, 0.15) is 0 Å². The molecule has 4 heteroatoms. The lowest BCUT2D eigenvalue weighted by atomic mass is 9.88. The van der Waals surface area contributed by atoms with Crippen LogP contribution in [0.15, 0.2) is 48.1 Å². The molecule has 0 aromatic heterocycles. The summed E-state index contributed by atoms with van der Waals surface area (Å²) in [6, 6.07) is 7.22. The highest BCUT2D eigenvalue weighted by atomic mass is 16.4. The summed E-state index contributed by atoms with van der Waals surface area (Å²) in [7, 11) is 0. The number of aliphatic hydroxyl groups is 2. The number of allylic oxidation sites excluding steroid dienone is 2. The van der Waals surface area contributed by atoms with Gasteiger partial charge in [-0.3, -0.25) is 0 Å². The molecule has 3 N–H and O–H groups in total. The van der Waals surface area contributed by atoms with E-state index < -0.39 is 12.1 Å². The lowest BCUT2D eigenvalue weighted by Crippen LogP contribution is -2.18. The van der Waals surface area contributed by atoms with Gasteiger partial charge in [-0.25, -0.2) is 4.79 Å². The first-order valence-electron chi connectivity index (χ1n) is 11.4. The Morgan fingerprint density at radius 2 is 2.03 bits per heavy atom. The molecule has 0 spiro atoms. The van der Waals surface area contributed by atoms with Crippen LogP contribution >= 0.6 is 0 Å². The van der Waals surface area contributed by atoms with Crippen LogP contribution in [0.2, 0.25) is 0 Å². The smallest absolute Gasteiger partial charge is 0.335 e. The number of carboxylic acid groups (broad SMARTS) is 1. The van der Waals surface area contributed by atoms with Crippen LogP contribution in [0.3, 0.4) is 0 Å². The van der Waals surface area contributed by atoms with Crippen molar-refractivity contribution in [2.24, 2.45) is 23.7 Å². The monoisotopic (exact) mass is 412 g/mol. The van der Waals surface area contributed by atoms with E-state index in [0.717, 1.165) is 50.5 Å². The van der Waals surface area contributed by atoms with Gasteiger partial charge >= 0.3 is 5.97 Å². The Morgan fingerprint density at radius 1 is 1.27 bits per heavy atom. The summed E-state index contributed by atoms with van der Waals surface area (Å²) in [5.74, 6) is 0.496. The average Bonchev–Trinajstić information content (AvgIpc) is 3.21. The van der Waals surface area contributed by atoms with E-state index in [4.69, 9.17) is 0 Å². The SMILES string of the molecule is CCCC(C)C[C@H](O)/C=C/[C@H]1[C@H]2CC(CCc3ccccc3C(=O)O)=C[C@H]2C[C@H]1O. The minimum atomic E-state index is -0.872. The molecule has 2 aliphatic rings. The van der Waals surface area contributed by atoms with Gasteiger partial charge < -0.3 is 15.3 Å². The molecular formula is C26H36O4. The predicted octanol–water partition coefficient (Wildman–Crippen LogP) is 5.00. The third-order valence-electron chi connectivity index (χ3n) is 6.89.